The van der Waals surface area contributed by atoms with Crippen LogP contribution in [0.5, 0.6) is 5.75 Å². The van der Waals surface area contributed by atoms with E-state index in [1.54, 1.807) is 7.11 Å². The van der Waals surface area contributed by atoms with E-state index in [4.69, 9.17) is 10.1 Å². The van der Waals surface area contributed by atoms with Gasteiger partial charge in [-0.25, -0.2) is 0 Å². The van der Waals surface area contributed by atoms with E-state index in [1.165, 1.54) is 6.21 Å². The predicted molar refractivity (Wildman–Crippen MR) is 58.1 cm³/mol. The van der Waals surface area contributed by atoms with Crippen LogP contribution in [0.4, 0.5) is 5.69 Å². The number of ether oxygens (including phenoxy) is 1. The second-order valence-electron chi connectivity index (χ2n) is 2.47. The molecule has 0 saturated carbocycles. The molecule has 13 heavy (non-hydrogen) atoms. The second-order valence-corrected chi connectivity index (χ2v) is 3.32. The number of anilines is 1. The molecule has 0 aromatic heterocycles. The molecule has 3 nitrogen and oxygen atoms in total. The Bertz CT molecular complexity index is 326. The fourth-order valence-corrected chi connectivity index (χ4v) is 1.57. The molecule has 0 radical (unpaired) electrons. The van der Waals surface area contributed by atoms with Crippen LogP contribution in [0.3, 0.4) is 0 Å². The lowest BCUT2D eigenvalue weighted by Gasteiger charge is -2.09. The van der Waals surface area contributed by atoms with Crippen LogP contribution in [0.25, 0.3) is 0 Å². The Balaban J connectivity index is 3.26. The first kappa shape index (κ1) is 10.1. The highest BCUT2D eigenvalue weighted by Gasteiger charge is 2.05. The molecule has 0 amide bonds. The Kier molecular flexibility index (Phi) is 3.31. The third-order valence-electron chi connectivity index (χ3n) is 1.75. The quantitative estimate of drug-likeness (QED) is 0.801. The molecular formula is C9H11BrN2O. The molecular weight excluding hydrogens is 232 g/mol. The molecule has 0 aliphatic heterocycles. The van der Waals surface area contributed by atoms with E-state index in [1.807, 2.05) is 19.2 Å². The number of methoxy groups -OCH3 is 1. The van der Waals surface area contributed by atoms with E-state index in [0.717, 1.165) is 21.5 Å². The SMILES string of the molecule is CNc1cc(Br)c(OC)cc1C=N. The summed E-state index contributed by atoms with van der Waals surface area (Å²) in [6.45, 7) is 0. The summed E-state index contributed by atoms with van der Waals surface area (Å²) in [6.07, 6.45) is 1.29. The lowest BCUT2D eigenvalue weighted by molar-refractivity contribution is 0.412. The average molecular weight is 243 g/mol. The summed E-state index contributed by atoms with van der Waals surface area (Å²) in [5.74, 6) is 0.734. The number of hydrogen-bond donors (Lipinski definition) is 2. The zero-order chi connectivity index (χ0) is 9.84. The van der Waals surface area contributed by atoms with Crippen molar-refractivity contribution in [3.05, 3.63) is 22.2 Å². The summed E-state index contributed by atoms with van der Waals surface area (Å²) >= 11 is 3.37. The van der Waals surface area contributed by atoms with Crippen LogP contribution >= 0.6 is 15.9 Å². The Morgan fingerprint density at radius 1 is 1.54 bits per heavy atom. The highest BCUT2D eigenvalue weighted by atomic mass is 79.9. The van der Waals surface area contributed by atoms with E-state index in [9.17, 15) is 0 Å². The topological polar surface area (TPSA) is 45.1 Å². The molecule has 0 atom stereocenters. The fourth-order valence-electron chi connectivity index (χ4n) is 1.06. The summed E-state index contributed by atoms with van der Waals surface area (Å²) in [4.78, 5) is 0. The molecule has 0 fully saturated rings. The van der Waals surface area contributed by atoms with Gasteiger partial charge in [0.25, 0.3) is 0 Å². The van der Waals surface area contributed by atoms with Crippen LogP contribution in [0.1, 0.15) is 5.56 Å². The van der Waals surface area contributed by atoms with Gasteiger partial charge < -0.3 is 15.5 Å². The van der Waals surface area contributed by atoms with Gasteiger partial charge in [-0.15, -0.1) is 0 Å². The monoisotopic (exact) mass is 242 g/mol. The molecule has 1 aromatic carbocycles. The fraction of sp³-hybridized carbons (Fsp3) is 0.222. The van der Waals surface area contributed by atoms with Crippen molar-refractivity contribution >= 4 is 27.8 Å². The van der Waals surface area contributed by atoms with Crippen molar-refractivity contribution in [2.24, 2.45) is 0 Å². The molecule has 4 heteroatoms. The zero-order valence-corrected chi connectivity index (χ0v) is 9.10. The van der Waals surface area contributed by atoms with E-state index in [2.05, 4.69) is 21.2 Å². The number of halogens is 1. The van der Waals surface area contributed by atoms with Crippen molar-refractivity contribution in [3.8, 4) is 5.75 Å². The first-order valence-corrected chi connectivity index (χ1v) is 4.58. The molecule has 0 unspecified atom stereocenters. The molecule has 1 aromatic rings. The van der Waals surface area contributed by atoms with Crippen LogP contribution in [-0.2, 0) is 0 Å². The summed E-state index contributed by atoms with van der Waals surface area (Å²) in [7, 11) is 3.42. The summed E-state index contributed by atoms with van der Waals surface area (Å²) in [6, 6.07) is 3.70. The normalized spacial score (nSPS) is 9.46. The largest absolute Gasteiger partial charge is 0.496 e. The second kappa shape index (κ2) is 4.28. The summed E-state index contributed by atoms with van der Waals surface area (Å²) in [5.41, 5.74) is 1.71. The number of benzene rings is 1. The minimum atomic E-state index is 0.734. The van der Waals surface area contributed by atoms with Gasteiger partial charge in [0.2, 0.25) is 0 Å². The minimum Gasteiger partial charge on any atom is -0.496 e. The number of nitrogens with one attached hydrogen (secondary N) is 2. The van der Waals surface area contributed by atoms with Crippen molar-refractivity contribution in [3.63, 3.8) is 0 Å². The first-order valence-electron chi connectivity index (χ1n) is 3.78. The van der Waals surface area contributed by atoms with Gasteiger partial charge in [-0.05, 0) is 28.1 Å². The molecule has 2 N–H and O–H groups in total. The standard InChI is InChI=1S/C9H11BrN2O/c1-12-8-4-7(10)9(13-2)3-6(8)5-11/h3-5,11-12H,1-2H3. The maximum Gasteiger partial charge on any atom is 0.133 e. The Hall–Kier alpha value is -1.03. The van der Waals surface area contributed by atoms with Gasteiger partial charge in [-0.2, -0.15) is 0 Å². The smallest absolute Gasteiger partial charge is 0.133 e. The average Bonchev–Trinajstić information content (AvgIpc) is 2.17. The number of hydrogen-bond acceptors (Lipinski definition) is 3. The van der Waals surface area contributed by atoms with Gasteiger partial charge in [0.15, 0.2) is 0 Å². The van der Waals surface area contributed by atoms with Crippen LogP contribution < -0.4 is 10.1 Å². The summed E-state index contributed by atoms with van der Waals surface area (Å²) < 4.78 is 5.99. The van der Waals surface area contributed by atoms with Crippen molar-refractivity contribution in [2.45, 2.75) is 0 Å². The van der Waals surface area contributed by atoms with E-state index in [-0.39, 0.29) is 0 Å². The lowest BCUT2D eigenvalue weighted by atomic mass is 10.2. The predicted octanol–water partition coefficient (Wildman–Crippen LogP) is 2.50. The molecule has 0 heterocycles. The maximum atomic E-state index is 7.19. The van der Waals surface area contributed by atoms with Gasteiger partial charge in [-0.1, -0.05) is 0 Å². The molecule has 1 rings (SSSR count). The Morgan fingerprint density at radius 3 is 2.69 bits per heavy atom. The first-order chi connectivity index (χ1) is 6.22. The van der Waals surface area contributed by atoms with Crippen molar-refractivity contribution in [2.75, 3.05) is 19.5 Å². The Labute approximate surface area is 85.7 Å². The van der Waals surface area contributed by atoms with Crippen LogP contribution in [0.2, 0.25) is 0 Å². The molecule has 0 bridgehead atoms. The van der Waals surface area contributed by atoms with E-state index in [0.29, 0.717) is 0 Å². The molecule has 0 saturated heterocycles. The third-order valence-corrected chi connectivity index (χ3v) is 2.37. The van der Waals surface area contributed by atoms with Gasteiger partial charge in [0.05, 0.1) is 11.6 Å². The van der Waals surface area contributed by atoms with Crippen molar-refractivity contribution in [1.82, 2.24) is 0 Å². The molecule has 0 aliphatic rings. The minimum absolute atomic E-state index is 0.734. The van der Waals surface area contributed by atoms with E-state index < -0.39 is 0 Å². The zero-order valence-electron chi connectivity index (χ0n) is 7.52. The lowest BCUT2D eigenvalue weighted by Crippen LogP contribution is -1.96. The van der Waals surface area contributed by atoms with Crippen LogP contribution in [0.15, 0.2) is 16.6 Å². The molecule has 0 spiro atoms. The van der Waals surface area contributed by atoms with Crippen LogP contribution in [0, 0.1) is 5.41 Å². The van der Waals surface area contributed by atoms with Gasteiger partial charge >= 0.3 is 0 Å². The van der Waals surface area contributed by atoms with Gasteiger partial charge in [0, 0.05) is 24.5 Å². The third kappa shape index (κ3) is 2.01. The number of rotatable bonds is 3. The van der Waals surface area contributed by atoms with Gasteiger partial charge in [-0.3, -0.25) is 0 Å². The highest BCUT2D eigenvalue weighted by molar-refractivity contribution is 9.10. The molecule has 70 valence electrons. The Morgan fingerprint density at radius 2 is 2.23 bits per heavy atom. The van der Waals surface area contributed by atoms with Gasteiger partial charge in [0.1, 0.15) is 5.75 Å². The van der Waals surface area contributed by atoms with Crippen molar-refractivity contribution in [1.29, 1.82) is 5.41 Å². The summed E-state index contributed by atoms with van der Waals surface area (Å²) in [5, 5.41) is 10.2. The van der Waals surface area contributed by atoms with E-state index >= 15 is 0 Å². The maximum absolute atomic E-state index is 7.19. The van der Waals surface area contributed by atoms with Crippen molar-refractivity contribution < 1.29 is 4.74 Å². The highest BCUT2D eigenvalue weighted by Crippen LogP contribution is 2.30. The molecule has 0 aliphatic carbocycles. The van der Waals surface area contributed by atoms with Crippen LogP contribution in [-0.4, -0.2) is 20.4 Å².